The van der Waals surface area contributed by atoms with Crippen molar-refractivity contribution in [2.75, 3.05) is 33.7 Å². The fraction of sp³-hybridized carbons (Fsp3) is 0.458. The van der Waals surface area contributed by atoms with Crippen LogP contribution in [0.25, 0.3) is 0 Å². The molecule has 1 aliphatic heterocycles. The molecule has 1 heterocycles. The summed E-state index contributed by atoms with van der Waals surface area (Å²) in [7, 11) is 0.646. The number of carbonyl (C=O) groups is 1. The van der Waals surface area contributed by atoms with Gasteiger partial charge in [0.1, 0.15) is 0 Å². The third kappa shape index (κ3) is 6.38. The highest BCUT2D eigenvalue weighted by atomic mass is 32.2. The van der Waals surface area contributed by atoms with Gasteiger partial charge in [0.05, 0.1) is 11.8 Å². The number of likely N-dealkylation sites (N-methyl/N-ethyl adjacent to an activating group) is 1. The standard InChI is InChI=1S/C24H33N3O3S/c1-19-9-11-21(12-10-19)23(26(2)3)17-25-24(28)22-13-15-27(16-14-22)31(29,30)18-20-7-5-4-6-8-20/h4-12,22-23H,13-18H2,1-3H3,(H,25,28). The maximum absolute atomic E-state index is 12.8. The second kappa shape index (κ2) is 10.4. The molecule has 0 spiro atoms. The summed E-state index contributed by atoms with van der Waals surface area (Å²) in [5, 5.41) is 3.09. The average molecular weight is 444 g/mol. The number of carbonyl (C=O) groups excluding carboxylic acids is 1. The molecule has 1 N–H and O–H groups in total. The molecule has 0 aliphatic carbocycles. The van der Waals surface area contributed by atoms with Gasteiger partial charge in [-0.3, -0.25) is 4.79 Å². The second-order valence-electron chi connectivity index (χ2n) is 8.55. The van der Waals surface area contributed by atoms with Crippen molar-refractivity contribution in [3.63, 3.8) is 0 Å². The van der Waals surface area contributed by atoms with Crippen molar-refractivity contribution in [1.82, 2.24) is 14.5 Å². The summed E-state index contributed by atoms with van der Waals surface area (Å²) in [6.45, 7) is 3.37. The second-order valence-corrected chi connectivity index (χ2v) is 10.5. The molecule has 1 fully saturated rings. The van der Waals surface area contributed by atoms with E-state index in [1.807, 2.05) is 44.4 Å². The first kappa shape index (κ1) is 23.4. The van der Waals surface area contributed by atoms with Crippen LogP contribution in [0.2, 0.25) is 0 Å². The summed E-state index contributed by atoms with van der Waals surface area (Å²) in [6.07, 6.45) is 1.11. The highest BCUT2D eigenvalue weighted by molar-refractivity contribution is 7.88. The number of aryl methyl sites for hydroxylation is 1. The zero-order valence-electron chi connectivity index (χ0n) is 18.6. The van der Waals surface area contributed by atoms with Crippen molar-refractivity contribution in [2.45, 2.75) is 31.6 Å². The zero-order valence-corrected chi connectivity index (χ0v) is 19.4. The molecule has 1 saturated heterocycles. The van der Waals surface area contributed by atoms with Crippen LogP contribution in [0.5, 0.6) is 0 Å². The maximum Gasteiger partial charge on any atom is 0.223 e. The lowest BCUT2D eigenvalue weighted by Gasteiger charge is -2.31. The lowest BCUT2D eigenvalue weighted by atomic mass is 9.97. The lowest BCUT2D eigenvalue weighted by Crippen LogP contribution is -2.44. The highest BCUT2D eigenvalue weighted by Gasteiger charge is 2.31. The highest BCUT2D eigenvalue weighted by Crippen LogP contribution is 2.23. The Balaban J connectivity index is 1.52. The van der Waals surface area contributed by atoms with Crippen molar-refractivity contribution in [2.24, 2.45) is 5.92 Å². The molecule has 1 aliphatic rings. The van der Waals surface area contributed by atoms with Gasteiger partial charge < -0.3 is 10.2 Å². The molecule has 1 amide bonds. The molecule has 7 heteroatoms. The Bertz CT molecular complexity index is 951. The van der Waals surface area contributed by atoms with Gasteiger partial charge in [0.15, 0.2) is 0 Å². The minimum atomic E-state index is -3.37. The number of hydrogen-bond acceptors (Lipinski definition) is 4. The van der Waals surface area contributed by atoms with E-state index in [2.05, 4.69) is 41.4 Å². The zero-order chi connectivity index (χ0) is 22.4. The first-order valence-electron chi connectivity index (χ1n) is 10.8. The predicted octanol–water partition coefficient (Wildman–Crippen LogP) is 2.96. The van der Waals surface area contributed by atoms with E-state index < -0.39 is 10.0 Å². The van der Waals surface area contributed by atoms with Crippen molar-refractivity contribution in [3.8, 4) is 0 Å². The van der Waals surface area contributed by atoms with Gasteiger partial charge in [-0.15, -0.1) is 0 Å². The largest absolute Gasteiger partial charge is 0.354 e. The Morgan fingerprint density at radius 2 is 1.68 bits per heavy atom. The first-order valence-corrected chi connectivity index (χ1v) is 12.4. The van der Waals surface area contributed by atoms with Crippen molar-refractivity contribution in [1.29, 1.82) is 0 Å². The summed E-state index contributed by atoms with van der Waals surface area (Å²) < 4.78 is 27.0. The van der Waals surface area contributed by atoms with Crippen LogP contribution in [0, 0.1) is 12.8 Å². The molecule has 168 valence electrons. The molecule has 2 aromatic carbocycles. The van der Waals surface area contributed by atoms with Gasteiger partial charge in [-0.25, -0.2) is 12.7 Å². The van der Waals surface area contributed by atoms with E-state index in [9.17, 15) is 13.2 Å². The van der Waals surface area contributed by atoms with Crippen LogP contribution in [0.4, 0.5) is 0 Å². The molecule has 0 saturated carbocycles. The number of piperidine rings is 1. The van der Waals surface area contributed by atoms with E-state index in [4.69, 9.17) is 0 Å². The van der Waals surface area contributed by atoms with E-state index in [0.29, 0.717) is 32.5 Å². The number of amides is 1. The SMILES string of the molecule is Cc1ccc(C(CNC(=O)C2CCN(S(=O)(=O)Cc3ccccc3)CC2)N(C)C)cc1. The molecule has 6 nitrogen and oxygen atoms in total. The van der Waals surface area contributed by atoms with Crippen LogP contribution in [-0.4, -0.2) is 57.3 Å². The van der Waals surface area contributed by atoms with Crippen LogP contribution < -0.4 is 5.32 Å². The Hall–Kier alpha value is -2.22. The minimum absolute atomic E-state index is 0.00572. The van der Waals surface area contributed by atoms with Crippen molar-refractivity contribution < 1.29 is 13.2 Å². The Morgan fingerprint density at radius 1 is 1.06 bits per heavy atom. The molecule has 31 heavy (non-hydrogen) atoms. The molecule has 1 atom stereocenters. The summed E-state index contributed by atoms with van der Waals surface area (Å²) >= 11 is 0. The van der Waals surface area contributed by atoms with E-state index in [-0.39, 0.29) is 23.6 Å². The molecular weight excluding hydrogens is 410 g/mol. The minimum Gasteiger partial charge on any atom is -0.354 e. The van der Waals surface area contributed by atoms with Crippen molar-refractivity contribution >= 4 is 15.9 Å². The van der Waals surface area contributed by atoms with Gasteiger partial charge in [-0.2, -0.15) is 0 Å². The van der Waals surface area contributed by atoms with Crippen LogP contribution >= 0.6 is 0 Å². The fourth-order valence-corrected chi connectivity index (χ4v) is 5.56. The number of nitrogens with one attached hydrogen (secondary N) is 1. The van der Waals surface area contributed by atoms with E-state index in [1.54, 1.807) is 0 Å². The third-order valence-electron chi connectivity index (χ3n) is 5.97. The van der Waals surface area contributed by atoms with Crippen LogP contribution in [0.15, 0.2) is 54.6 Å². The van der Waals surface area contributed by atoms with E-state index >= 15 is 0 Å². The molecule has 0 aromatic heterocycles. The van der Waals surface area contributed by atoms with Gasteiger partial charge in [0, 0.05) is 25.6 Å². The number of hydrogen-bond donors (Lipinski definition) is 1. The summed E-state index contributed by atoms with van der Waals surface area (Å²) in [5.41, 5.74) is 3.16. The molecular formula is C24H33N3O3S. The lowest BCUT2D eigenvalue weighted by molar-refractivity contribution is -0.126. The van der Waals surface area contributed by atoms with Crippen LogP contribution in [0.1, 0.15) is 35.6 Å². The first-order chi connectivity index (χ1) is 14.8. The smallest absolute Gasteiger partial charge is 0.223 e. The van der Waals surface area contributed by atoms with Gasteiger partial charge in [-0.05, 0) is 45.0 Å². The summed E-state index contributed by atoms with van der Waals surface area (Å²) in [4.78, 5) is 14.9. The number of rotatable bonds is 8. The quantitative estimate of drug-likeness (QED) is 0.681. The Kier molecular flexibility index (Phi) is 7.86. The summed E-state index contributed by atoms with van der Waals surface area (Å²) in [5.74, 6) is -0.130. The van der Waals surface area contributed by atoms with Gasteiger partial charge in [0.25, 0.3) is 0 Å². The van der Waals surface area contributed by atoms with Gasteiger partial charge >= 0.3 is 0 Å². The molecule has 0 bridgehead atoms. The predicted molar refractivity (Wildman–Crippen MR) is 124 cm³/mol. The normalized spacial score (nSPS) is 16.9. The summed E-state index contributed by atoms with van der Waals surface area (Å²) in [6, 6.07) is 17.7. The fourth-order valence-electron chi connectivity index (χ4n) is 4.00. The maximum atomic E-state index is 12.8. The van der Waals surface area contributed by atoms with Gasteiger partial charge in [-0.1, -0.05) is 60.2 Å². The molecule has 2 aromatic rings. The number of nitrogens with zero attached hydrogens (tertiary/aromatic N) is 2. The topological polar surface area (TPSA) is 69.7 Å². The van der Waals surface area contributed by atoms with Gasteiger partial charge in [0.2, 0.25) is 15.9 Å². The monoisotopic (exact) mass is 443 g/mol. The van der Waals surface area contributed by atoms with Crippen LogP contribution in [-0.2, 0) is 20.6 Å². The number of sulfonamides is 1. The van der Waals surface area contributed by atoms with Crippen molar-refractivity contribution in [3.05, 3.63) is 71.3 Å². The Morgan fingerprint density at radius 3 is 2.26 bits per heavy atom. The number of benzene rings is 2. The van der Waals surface area contributed by atoms with Crippen LogP contribution in [0.3, 0.4) is 0 Å². The molecule has 3 rings (SSSR count). The molecule has 1 unspecified atom stereocenters. The van der Waals surface area contributed by atoms with E-state index in [1.165, 1.54) is 9.87 Å². The third-order valence-corrected chi connectivity index (χ3v) is 7.82. The van der Waals surface area contributed by atoms with E-state index in [0.717, 1.165) is 11.1 Å². The average Bonchev–Trinajstić information content (AvgIpc) is 2.75. The molecule has 0 radical (unpaired) electrons. The Labute approximate surface area is 186 Å².